The summed E-state index contributed by atoms with van der Waals surface area (Å²) >= 11 is 0. The Morgan fingerprint density at radius 1 is 1.41 bits per heavy atom. The number of rotatable bonds is 5. The molecule has 0 aromatic heterocycles. The fraction of sp³-hybridized carbons (Fsp3) is 0.909. The number of nitrogens with one attached hydrogen (secondary N) is 1. The summed E-state index contributed by atoms with van der Waals surface area (Å²) < 4.78 is 25.8. The zero-order valence-electron chi connectivity index (χ0n) is 10.1. The van der Waals surface area contributed by atoms with Gasteiger partial charge < -0.3 is 5.11 Å². The highest BCUT2D eigenvalue weighted by Gasteiger charge is 2.33. The van der Waals surface area contributed by atoms with E-state index in [1.54, 1.807) is 6.07 Å². The summed E-state index contributed by atoms with van der Waals surface area (Å²) in [6, 6.07) is 1.71. The molecule has 0 spiro atoms. The Kier molecular flexibility index (Phi) is 4.92. The summed E-state index contributed by atoms with van der Waals surface area (Å²) in [7, 11) is -3.58. The van der Waals surface area contributed by atoms with Crippen LogP contribution in [0, 0.1) is 16.7 Å². The van der Waals surface area contributed by atoms with E-state index in [4.69, 9.17) is 5.26 Å². The Bertz CT molecular complexity index is 380. The van der Waals surface area contributed by atoms with Gasteiger partial charge in [-0.15, -0.1) is 0 Å². The Labute approximate surface area is 103 Å². The molecule has 1 unspecified atom stereocenters. The van der Waals surface area contributed by atoms with Gasteiger partial charge in [-0.2, -0.15) is 5.26 Å². The number of aliphatic hydroxyl groups excluding tert-OH is 1. The van der Waals surface area contributed by atoms with Crippen LogP contribution in [0.4, 0.5) is 0 Å². The van der Waals surface area contributed by atoms with Gasteiger partial charge in [-0.25, -0.2) is 13.1 Å². The number of sulfonamides is 1. The molecule has 0 radical (unpaired) electrons. The lowest BCUT2D eigenvalue weighted by molar-refractivity contribution is 0.0867. The van der Waals surface area contributed by atoms with E-state index in [1.165, 1.54) is 6.92 Å². The van der Waals surface area contributed by atoms with Crippen molar-refractivity contribution in [2.24, 2.45) is 5.41 Å². The van der Waals surface area contributed by atoms with Gasteiger partial charge in [0.2, 0.25) is 10.0 Å². The molecule has 1 atom stereocenters. The molecule has 0 aliphatic heterocycles. The van der Waals surface area contributed by atoms with Gasteiger partial charge in [-0.3, -0.25) is 0 Å². The van der Waals surface area contributed by atoms with Crippen molar-refractivity contribution in [2.75, 3.05) is 13.2 Å². The summed E-state index contributed by atoms with van der Waals surface area (Å²) in [5.41, 5.74) is -0.333. The largest absolute Gasteiger partial charge is 0.396 e. The number of hydrogen-bond donors (Lipinski definition) is 2. The first-order valence-electron chi connectivity index (χ1n) is 5.95. The molecular formula is C11H20N2O3S. The van der Waals surface area contributed by atoms with Crippen LogP contribution in [0.3, 0.4) is 0 Å². The highest BCUT2D eigenvalue weighted by Crippen LogP contribution is 2.35. The molecule has 1 saturated carbocycles. The summed E-state index contributed by atoms with van der Waals surface area (Å²) in [4.78, 5) is 0. The average Bonchev–Trinajstić information content (AvgIpc) is 2.36. The van der Waals surface area contributed by atoms with E-state index in [0.29, 0.717) is 0 Å². The van der Waals surface area contributed by atoms with E-state index in [9.17, 15) is 13.5 Å². The van der Waals surface area contributed by atoms with E-state index in [2.05, 4.69) is 4.72 Å². The third kappa shape index (κ3) is 3.66. The van der Waals surface area contributed by atoms with Crippen LogP contribution in [0.15, 0.2) is 0 Å². The van der Waals surface area contributed by atoms with Crippen molar-refractivity contribution in [1.29, 1.82) is 5.26 Å². The highest BCUT2D eigenvalue weighted by molar-refractivity contribution is 7.90. The zero-order valence-corrected chi connectivity index (χ0v) is 11.0. The second kappa shape index (κ2) is 5.80. The second-order valence-electron chi connectivity index (χ2n) is 4.86. The molecule has 5 nitrogen and oxygen atoms in total. The van der Waals surface area contributed by atoms with Gasteiger partial charge in [0.25, 0.3) is 0 Å². The van der Waals surface area contributed by atoms with Crippen molar-refractivity contribution < 1.29 is 13.5 Å². The molecule has 0 amide bonds. The maximum absolute atomic E-state index is 11.6. The SMILES string of the molecule is CC(C#N)S(=O)(=O)NCC1(CO)CCCCC1. The number of hydrogen-bond acceptors (Lipinski definition) is 4. The molecule has 2 N–H and O–H groups in total. The number of aliphatic hydroxyl groups is 1. The monoisotopic (exact) mass is 260 g/mol. The maximum Gasteiger partial charge on any atom is 0.227 e. The fourth-order valence-corrected chi connectivity index (χ4v) is 3.04. The Morgan fingerprint density at radius 3 is 2.47 bits per heavy atom. The minimum Gasteiger partial charge on any atom is -0.396 e. The molecule has 6 heteroatoms. The molecule has 0 aromatic carbocycles. The van der Waals surface area contributed by atoms with Gasteiger partial charge >= 0.3 is 0 Å². The van der Waals surface area contributed by atoms with Crippen LogP contribution in [-0.4, -0.2) is 31.9 Å². The molecule has 1 fully saturated rings. The van der Waals surface area contributed by atoms with Crippen LogP contribution in [0.5, 0.6) is 0 Å². The van der Waals surface area contributed by atoms with Gasteiger partial charge in [0.1, 0.15) is 0 Å². The topological polar surface area (TPSA) is 90.2 Å². The third-order valence-electron chi connectivity index (χ3n) is 3.55. The summed E-state index contributed by atoms with van der Waals surface area (Å²) in [6.45, 7) is 1.59. The Balaban J connectivity index is 2.62. The van der Waals surface area contributed by atoms with E-state index in [0.717, 1.165) is 32.1 Å². The third-order valence-corrected chi connectivity index (χ3v) is 5.13. The van der Waals surface area contributed by atoms with Gasteiger partial charge in [0, 0.05) is 18.6 Å². The minimum atomic E-state index is -3.58. The summed E-state index contributed by atoms with van der Waals surface area (Å²) in [5, 5.41) is 17.0. The first-order valence-corrected chi connectivity index (χ1v) is 7.49. The molecule has 0 heterocycles. The Morgan fingerprint density at radius 2 is 2.00 bits per heavy atom. The minimum absolute atomic E-state index is 0.00352. The normalized spacial score (nSPS) is 21.7. The van der Waals surface area contributed by atoms with Crippen molar-refractivity contribution in [2.45, 2.75) is 44.3 Å². The molecule has 1 aliphatic rings. The first-order chi connectivity index (χ1) is 7.96. The van der Waals surface area contributed by atoms with Gasteiger partial charge in [-0.1, -0.05) is 19.3 Å². The van der Waals surface area contributed by atoms with Crippen LogP contribution >= 0.6 is 0 Å². The van der Waals surface area contributed by atoms with E-state index in [1.807, 2.05) is 0 Å². The van der Waals surface area contributed by atoms with E-state index in [-0.39, 0.29) is 18.6 Å². The molecular weight excluding hydrogens is 240 g/mol. The maximum atomic E-state index is 11.6. The lowest BCUT2D eigenvalue weighted by Gasteiger charge is -2.35. The zero-order chi connectivity index (χ0) is 12.9. The van der Waals surface area contributed by atoms with Crippen molar-refractivity contribution in [1.82, 2.24) is 4.72 Å². The predicted molar refractivity (Wildman–Crippen MR) is 64.6 cm³/mol. The van der Waals surface area contributed by atoms with Crippen molar-refractivity contribution in [3.63, 3.8) is 0 Å². The molecule has 0 bridgehead atoms. The molecule has 1 rings (SSSR count). The lowest BCUT2D eigenvalue weighted by atomic mass is 9.75. The van der Waals surface area contributed by atoms with Gasteiger partial charge in [-0.05, 0) is 19.8 Å². The number of nitriles is 1. The van der Waals surface area contributed by atoms with Crippen LogP contribution in [0.1, 0.15) is 39.0 Å². The molecule has 0 aromatic rings. The fourth-order valence-electron chi connectivity index (χ4n) is 2.14. The van der Waals surface area contributed by atoms with Crippen molar-refractivity contribution in [3.05, 3.63) is 0 Å². The Hall–Kier alpha value is -0.640. The smallest absolute Gasteiger partial charge is 0.227 e. The molecule has 98 valence electrons. The van der Waals surface area contributed by atoms with E-state index < -0.39 is 15.3 Å². The molecule has 17 heavy (non-hydrogen) atoms. The average molecular weight is 260 g/mol. The quantitative estimate of drug-likeness (QED) is 0.763. The van der Waals surface area contributed by atoms with E-state index >= 15 is 0 Å². The summed E-state index contributed by atoms with van der Waals surface area (Å²) in [6.07, 6.45) is 4.87. The van der Waals surface area contributed by atoms with Gasteiger partial charge in [0.15, 0.2) is 5.25 Å². The van der Waals surface area contributed by atoms with Gasteiger partial charge in [0.05, 0.1) is 6.07 Å². The van der Waals surface area contributed by atoms with Crippen LogP contribution < -0.4 is 4.72 Å². The van der Waals surface area contributed by atoms with Crippen LogP contribution in [0.25, 0.3) is 0 Å². The van der Waals surface area contributed by atoms with Crippen LogP contribution in [0.2, 0.25) is 0 Å². The second-order valence-corrected chi connectivity index (χ2v) is 6.94. The van der Waals surface area contributed by atoms with Crippen molar-refractivity contribution >= 4 is 10.0 Å². The summed E-state index contributed by atoms with van der Waals surface area (Å²) in [5.74, 6) is 0. The predicted octanol–water partition coefficient (Wildman–Crippen LogP) is 0.761. The molecule has 1 aliphatic carbocycles. The first kappa shape index (κ1) is 14.4. The molecule has 0 saturated heterocycles. The van der Waals surface area contributed by atoms with Crippen molar-refractivity contribution in [3.8, 4) is 6.07 Å². The standard InChI is InChI=1S/C11H20N2O3S/c1-10(7-12)17(15,16)13-8-11(9-14)5-3-2-4-6-11/h10,13-14H,2-6,8-9H2,1H3. The lowest BCUT2D eigenvalue weighted by Crippen LogP contribution is -2.43. The number of nitrogens with zero attached hydrogens (tertiary/aromatic N) is 1. The van der Waals surface area contributed by atoms with Crippen LogP contribution in [-0.2, 0) is 10.0 Å². The highest BCUT2D eigenvalue weighted by atomic mass is 32.2.